The number of aliphatic carboxylic acids is 1. The van der Waals surface area contributed by atoms with Crippen LogP contribution in [-0.2, 0) is 14.4 Å². The lowest BCUT2D eigenvalue weighted by Gasteiger charge is -2.16. The van der Waals surface area contributed by atoms with Crippen LogP contribution in [0.5, 0.6) is 0 Å². The summed E-state index contributed by atoms with van der Waals surface area (Å²) < 4.78 is 0. The molecule has 0 aliphatic heterocycles. The molecule has 7 nitrogen and oxygen atoms in total. The molecule has 0 aromatic rings. The molecule has 7 heteroatoms. The first kappa shape index (κ1) is 14.4. The van der Waals surface area contributed by atoms with Gasteiger partial charge in [-0.05, 0) is 7.05 Å². The molecular weight excluding hydrogens is 214 g/mol. The van der Waals surface area contributed by atoms with Gasteiger partial charge in [0.05, 0.1) is 6.42 Å². The third kappa shape index (κ3) is 5.30. The van der Waals surface area contributed by atoms with Crippen LogP contribution in [0.3, 0.4) is 0 Å². The molecule has 0 fully saturated rings. The molecule has 0 spiro atoms. The fourth-order valence-electron chi connectivity index (χ4n) is 1.11. The molecule has 0 saturated carbocycles. The highest BCUT2D eigenvalue weighted by Gasteiger charge is 2.24. The van der Waals surface area contributed by atoms with Gasteiger partial charge in [-0.1, -0.05) is 6.92 Å². The van der Waals surface area contributed by atoms with Crippen LogP contribution in [0.4, 0.5) is 0 Å². The van der Waals surface area contributed by atoms with Gasteiger partial charge in [0.1, 0.15) is 6.04 Å². The zero-order valence-electron chi connectivity index (χ0n) is 9.32. The lowest BCUT2D eigenvalue weighted by Crippen LogP contribution is -2.46. The highest BCUT2D eigenvalue weighted by molar-refractivity contribution is 5.88. The third-order valence-corrected chi connectivity index (χ3v) is 1.98. The van der Waals surface area contributed by atoms with Crippen LogP contribution in [0.1, 0.15) is 13.3 Å². The van der Waals surface area contributed by atoms with Crippen LogP contribution in [0, 0.1) is 5.92 Å². The number of rotatable bonds is 7. The van der Waals surface area contributed by atoms with Gasteiger partial charge in [-0.3, -0.25) is 9.59 Å². The summed E-state index contributed by atoms with van der Waals surface area (Å²) in [6.45, 7) is 2.07. The van der Waals surface area contributed by atoms with E-state index in [1.807, 2.05) is 0 Å². The first-order valence-corrected chi connectivity index (χ1v) is 4.84. The van der Waals surface area contributed by atoms with Crippen molar-refractivity contribution in [2.24, 2.45) is 11.7 Å². The molecule has 2 atom stereocenters. The summed E-state index contributed by atoms with van der Waals surface area (Å²) in [5.74, 6) is -2.85. The Morgan fingerprint density at radius 2 is 1.94 bits per heavy atom. The fourth-order valence-corrected chi connectivity index (χ4v) is 1.11. The minimum Gasteiger partial charge on any atom is -0.480 e. The molecule has 0 rings (SSSR count). The van der Waals surface area contributed by atoms with Crippen LogP contribution >= 0.6 is 0 Å². The quantitative estimate of drug-likeness (QED) is 0.415. The topological polar surface area (TPSA) is 122 Å². The van der Waals surface area contributed by atoms with Gasteiger partial charge in [0, 0.05) is 12.5 Å². The lowest BCUT2D eigenvalue weighted by atomic mass is 10.1. The standard InChI is InChI=1S/C9H17N3O4/c1-5(4-11-2)8(14)12-6(9(15)16)3-7(10)13/h5-6,11H,3-4H2,1-2H3,(H2,10,13)(H,12,14)(H,15,16). The number of primary amides is 1. The number of carboxylic acid groups (broad SMARTS) is 1. The number of carbonyl (C=O) groups excluding carboxylic acids is 2. The van der Waals surface area contributed by atoms with Crippen LogP contribution in [0.2, 0.25) is 0 Å². The smallest absolute Gasteiger partial charge is 0.326 e. The van der Waals surface area contributed by atoms with E-state index in [1.54, 1.807) is 14.0 Å². The van der Waals surface area contributed by atoms with Crippen molar-refractivity contribution in [1.29, 1.82) is 0 Å². The van der Waals surface area contributed by atoms with E-state index in [1.165, 1.54) is 0 Å². The average Bonchev–Trinajstić information content (AvgIpc) is 2.16. The van der Waals surface area contributed by atoms with E-state index in [4.69, 9.17) is 10.8 Å². The van der Waals surface area contributed by atoms with Gasteiger partial charge in [0.25, 0.3) is 0 Å². The predicted octanol–water partition coefficient (Wildman–Crippen LogP) is -1.71. The summed E-state index contributed by atoms with van der Waals surface area (Å²) in [5, 5.41) is 13.8. The predicted molar refractivity (Wildman–Crippen MR) is 56.5 cm³/mol. The van der Waals surface area contributed by atoms with Crippen molar-refractivity contribution in [3.05, 3.63) is 0 Å². The Labute approximate surface area is 93.4 Å². The molecule has 0 aromatic carbocycles. The number of carbonyl (C=O) groups is 3. The molecule has 0 aromatic heterocycles. The van der Waals surface area contributed by atoms with Gasteiger partial charge in [-0.25, -0.2) is 4.79 Å². The number of amides is 2. The molecule has 0 aliphatic rings. The van der Waals surface area contributed by atoms with Crippen molar-refractivity contribution < 1.29 is 19.5 Å². The Kier molecular flexibility index (Phi) is 6.09. The van der Waals surface area contributed by atoms with E-state index < -0.39 is 30.2 Å². The van der Waals surface area contributed by atoms with E-state index in [0.29, 0.717) is 6.54 Å². The first-order valence-electron chi connectivity index (χ1n) is 4.84. The third-order valence-electron chi connectivity index (χ3n) is 1.98. The summed E-state index contributed by atoms with van der Waals surface area (Å²) in [6.07, 6.45) is -0.409. The Morgan fingerprint density at radius 1 is 1.38 bits per heavy atom. The summed E-state index contributed by atoms with van der Waals surface area (Å²) >= 11 is 0. The minimum atomic E-state index is -1.27. The molecule has 0 radical (unpaired) electrons. The van der Waals surface area contributed by atoms with Crippen LogP contribution < -0.4 is 16.4 Å². The number of hydrogen-bond acceptors (Lipinski definition) is 4. The average molecular weight is 231 g/mol. The molecule has 0 aliphatic carbocycles. The number of hydrogen-bond donors (Lipinski definition) is 4. The van der Waals surface area contributed by atoms with Crippen molar-refractivity contribution in [3.63, 3.8) is 0 Å². The summed E-state index contributed by atoms with van der Waals surface area (Å²) in [7, 11) is 1.68. The zero-order valence-corrected chi connectivity index (χ0v) is 9.32. The van der Waals surface area contributed by atoms with Crippen molar-refractivity contribution >= 4 is 17.8 Å². The molecule has 92 valence electrons. The maximum absolute atomic E-state index is 11.5. The van der Waals surface area contributed by atoms with E-state index in [0.717, 1.165) is 0 Å². The molecule has 0 bridgehead atoms. The van der Waals surface area contributed by atoms with Gasteiger partial charge in [0.15, 0.2) is 0 Å². The van der Waals surface area contributed by atoms with Crippen molar-refractivity contribution in [2.45, 2.75) is 19.4 Å². The van der Waals surface area contributed by atoms with Gasteiger partial charge < -0.3 is 21.5 Å². The monoisotopic (exact) mass is 231 g/mol. The van der Waals surface area contributed by atoms with E-state index >= 15 is 0 Å². The van der Waals surface area contributed by atoms with Gasteiger partial charge in [-0.2, -0.15) is 0 Å². The van der Waals surface area contributed by atoms with Crippen molar-refractivity contribution in [3.8, 4) is 0 Å². The second-order valence-electron chi connectivity index (χ2n) is 3.53. The van der Waals surface area contributed by atoms with Crippen LogP contribution in [0.15, 0.2) is 0 Å². The van der Waals surface area contributed by atoms with E-state index in [2.05, 4.69) is 10.6 Å². The number of nitrogens with two attached hydrogens (primary N) is 1. The molecule has 5 N–H and O–H groups in total. The molecule has 0 saturated heterocycles. The second kappa shape index (κ2) is 6.78. The SMILES string of the molecule is CNCC(C)C(=O)NC(CC(N)=O)C(=O)O. The highest BCUT2D eigenvalue weighted by atomic mass is 16.4. The molecule has 0 heterocycles. The van der Waals surface area contributed by atoms with E-state index in [-0.39, 0.29) is 5.92 Å². The summed E-state index contributed by atoms with van der Waals surface area (Å²) in [5.41, 5.74) is 4.88. The Bertz CT molecular complexity index is 280. The normalized spacial score (nSPS) is 13.9. The molecule has 16 heavy (non-hydrogen) atoms. The minimum absolute atomic E-state index is 0.375. The largest absolute Gasteiger partial charge is 0.480 e. The Balaban J connectivity index is 4.34. The molecule has 2 unspecified atom stereocenters. The van der Waals surface area contributed by atoms with Gasteiger partial charge in [0.2, 0.25) is 11.8 Å². The maximum Gasteiger partial charge on any atom is 0.326 e. The highest BCUT2D eigenvalue weighted by Crippen LogP contribution is 1.97. The fraction of sp³-hybridized carbons (Fsp3) is 0.667. The maximum atomic E-state index is 11.5. The summed E-state index contributed by atoms with van der Waals surface area (Å²) in [6, 6.07) is -1.26. The summed E-state index contributed by atoms with van der Waals surface area (Å²) in [4.78, 5) is 32.8. The van der Waals surface area contributed by atoms with Crippen molar-refractivity contribution in [1.82, 2.24) is 10.6 Å². The van der Waals surface area contributed by atoms with Gasteiger partial charge >= 0.3 is 5.97 Å². The van der Waals surface area contributed by atoms with Crippen LogP contribution in [0.25, 0.3) is 0 Å². The first-order chi connectivity index (χ1) is 7.38. The van der Waals surface area contributed by atoms with Crippen LogP contribution in [-0.4, -0.2) is 42.5 Å². The van der Waals surface area contributed by atoms with E-state index in [9.17, 15) is 14.4 Å². The molecule has 2 amide bonds. The lowest BCUT2D eigenvalue weighted by molar-refractivity contribution is -0.143. The zero-order chi connectivity index (χ0) is 12.7. The second-order valence-corrected chi connectivity index (χ2v) is 3.53. The Morgan fingerprint density at radius 3 is 2.31 bits per heavy atom. The van der Waals surface area contributed by atoms with Crippen molar-refractivity contribution in [2.75, 3.05) is 13.6 Å². The Hall–Kier alpha value is -1.63. The number of carboxylic acids is 1. The molecular formula is C9H17N3O4. The van der Waals surface area contributed by atoms with Gasteiger partial charge in [-0.15, -0.1) is 0 Å². The number of nitrogens with one attached hydrogen (secondary N) is 2.